The highest BCUT2D eigenvalue weighted by molar-refractivity contribution is 5.76. The van der Waals surface area contributed by atoms with Crippen molar-refractivity contribution in [2.45, 2.75) is 0 Å². The van der Waals surface area contributed by atoms with Gasteiger partial charge < -0.3 is 4.74 Å². The highest BCUT2D eigenvalue weighted by Gasteiger charge is 2.00. The van der Waals surface area contributed by atoms with Crippen LogP contribution in [0.25, 0.3) is 0 Å². The molecule has 70 valence electrons. The van der Waals surface area contributed by atoms with Crippen LogP contribution in [0.3, 0.4) is 0 Å². The Balaban J connectivity index is 2.50. The number of hydrogen-bond donors (Lipinski definition) is 2. The van der Waals surface area contributed by atoms with Gasteiger partial charge in [-0.25, -0.2) is 9.87 Å². The van der Waals surface area contributed by atoms with Crippen LogP contribution in [0.15, 0.2) is 24.3 Å². The summed E-state index contributed by atoms with van der Waals surface area (Å²) in [5.74, 6) is -0.894. The van der Waals surface area contributed by atoms with Gasteiger partial charge in [0, 0.05) is 6.07 Å². The molecule has 0 saturated heterocycles. The van der Waals surface area contributed by atoms with Gasteiger partial charge in [0.15, 0.2) is 6.61 Å². The molecule has 0 atom stereocenters. The van der Waals surface area contributed by atoms with Crippen LogP contribution in [0.2, 0.25) is 0 Å². The van der Waals surface area contributed by atoms with E-state index in [-0.39, 0.29) is 12.4 Å². The second kappa shape index (κ2) is 4.42. The van der Waals surface area contributed by atoms with Crippen molar-refractivity contribution in [1.82, 2.24) is 5.48 Å². The summed E-state index contributed by atoms with van der Waals surface area (Å²) in [6.45, 7) is -0.347. The predicted molar refractivity (Wildman–Crippen MR) is 41.8 cm³/mol. The van der Waals surface area contributed by atoms with Crippen LogP contribution in [0.5, 0.6) is 5.75 Å². The lowest BCUT2D eigenvalue weighted by molar-refractivity contribution is -0.131. The van der Waals surface area contributed by atoms with Crippen molar-refractivity contribution in [3.05, 3.63) is 30.1 Å². The van der Waals surface area contributed by atoms with E-state index < -0.39 is 11.7 Å². The Morgan fingerprint density at radius 2 is 2.38 bits per heavy atom. The van der Waals surface area contributed by atoms with Crippen LogP contribution >= 0.6 is 0 Å². The Morgan fingerprint density at radius 3 is 3.00 bits per heavy atom. The predicted octanol–water partition coefficient (Wildman–Crippen LogP) is 0.710. The number of halogens is 1. The summed E-state index contributed by atoms with van der Waals surface area (Å²) in [7, 11) is 0. The van der Waals surface area contributed by atoms with Crippen molar-refractivity contribution >= 4 is 5.91 Å². The Morgan fingerprint density at radius 1 is 1.62 bits per heavy atom. The van der Waals surface area contributed by atoms with E-state index in [0.717, 1.165) is 6.07 Å². The molecule has 0 aliphatic heterocycles. The second-order valence-corrected chi connectivity index (χ2v) is 2.28. The molecule has 0 aliphatic rings. The van der Waals surface area contributed by atoms with Gasteiger partial charge in [-0.3, -0.25) is 10.0 Å². The smallest absolute Gasteiger partial charge is 0.281 e. The molecular formula is C8H8FNO3. The molecule has 0 fully saturated rings. The monoisotopic (exact) mass is 185 g/mol. The molecule has 0 aliphatic carbocycles. The number of ether oxygens (including phenoxy) is 1. The molecule has 1 aromatic carbocycles. The Hall–Kier alpha value is -1.62. The largest absolute Gasteiger partial charge is 0.484 e. The van der Waals surface area contributed by atoms with Crippen LogP contribution < -0.4 is 10.2 Å². The van der Waals surface area contributed by atoms with Gasteiger partial charge in [-0.15, -0.1) is 0 Å². The van der Waals surface area contributed by atoms with Crippen LogP contribution in [0, 0.1) is 5.82 Å². The molecule has 0 radical (unpaired) electrons. The summed E-state index contributed by atoms with van der Waals surface area (Å²) in [5, 5.41) is 8.11. The standard InChI is InChI=1S/C8H8FNO3/c9-6-2-1-3-7(4-6)13-5-8(11)10-12/h1-4,12H,5H2,(H,10,11). The summed E-state index contributed by atoms with van der Waals surface area (Å²) in [5.41, 5.74) is 1.39. The molecule has 1 aromatic rings. The van der Waals surface area contributed by atoms with Crippen LogP contribution in [-0.4, -0.2) is 17.7 Å². The van der Waals surface area contributed by atoms with E-state index >= 15 is 0 Å². The number of carbonyl (C=O) groups is 1. The van der Waals surface area contributed by atoms with Gasteiger partial charge in [0.2, 0.25) is 0 Å². The SMILES string of the molecule is O=C(COc1cccc(F)c1)NO. The Bertz CT molecular complexity index is 303. The van der Waals surface area contributed by atoms with Gasteiger partial charge in [-0.1, -0.05) is 6.07 Å². The van der Waals surface area contributed by atoms with E-state index in [1.54, 1.807) is 0 Å². The van der Waals surface area contributed by atoms with Crippen molar-refractivity contribution < 1.29 is 19.1 Å². The number of amides is 1. The molecule has 1 rings (SSSR count). The summed E-state index contributed by atoms with van der Waals surface area (Å²) >= 11 is 0. The molecule has 0 heterocycles. The summed E-state index contributed by atoms with van der Waals surface area (Å²) in [6, 6.07) is 5.37. The van der Waals surface area contributed by atoms with Crippen LogP contribution in [0.4, 0.5) is 4.39 Å². The fourth-order valence-corrected chi connectivity index (χ4v) is 0.738. The van der Waals surface area contributed by atoms with Crippen molar-refractivity contribution in [2.24, 2.45) is 0 Å². The van der Waals surface area contributed by atoms with Crippen molar-refractivity contribution in [2.75, 3.05) is 6.61 Å². The quantitative estimate of drug-likeness (QED) is 0.538. The normalized spacial score (nSPS) is 9.38. The first-order valence-electron chi connectivity index (χ1n) is 3.53. The van der Waals surface area contributed by atoms with E-state index in [4.69, 9.17) is 9.94 Å². The first kappa shape index (κ1) is 9.47. The lowest BCUT2D eigenvalue weighted by Crippen LogP contribution is -2.25. The first-order valence-corrected chi connectivity index (χ1v) is 3.53. The molecule has 4 nitrogen and oxygen atoms in total. The van der Waals surface area contributed by atoms with Gasteiger partial charge in [0.05, 0.1) is 0 Å². The fourth-order valence-electron chi connectivity index (χ4n) is 0.738. The van der Waals surface area contributed by atoms with Crippen LogP contribution in [0.1, 0.15) is 0 Å². The fraction of sp³-hybridized carbons (Fsp3) is 0.125. The Kier molecular flexibility index (Phi) is 3.22. The number of benzene rings is 1. The molecule has 0 spiro atoms. The van der Waals surface area contributed by atoms with Crippen molar-refractivity contribution in [1.29, 1.82) is 0 Å². The summed E-state index contributed by atoms with van der Waals surface area (Å²) in [6.07, 6.45) is 0. The number of hydrogen-bond acceptors (Lipinski definition) is 3. The van der Waals surface area contributed by atoms with E-state index in [0.29, 0.717) is 0 Å². The summed E-state index contributed by atoms with van der Waals surface area (Å²) < 4.78 is 17.4. The number of rotatable bonds is 3. The molecule has 2 N–H and O–H groups in total. The Labute approximate surface area is 73.9 Å². The second-order valence-electron chi connectivity index (χ2n) is 2.28. The molecule has 13 heavy (non-hydrogen) atoms. The highest BCUT2D eigenvalue weighted by Crippen LogP contribution is 2.11. The molecule has 1 amide bonds. The van der Waals surface area contributed by atoms with E-state index in [1.165, 1.54) is 23.7 Å². The first-order chi connectivity index (χ1) is 6.22. The topological polar surface area (TPSA) is 58.6 Å². The number of nitrogens with one attached hydrogen (secondary N) is 1. The maximum atomic E-state index is 12.5. The zero-order chi connectivity index (χ0) is 9.68. The molecule has 0 saturated carbocycles. The third-order valence-electron chi connectivity index (χ3n) is 1.29. The molecule has 0 aromatic heterocycles. The zero-order valence-electron chi connectivity index (χ0n) is 6.66. The average Bonchev–Trinajstić information content (AvgIpc) is 2.14. The third-order valence-corrected chi connectivity index (χ3v) is 1.29. The molecule has 0 unspecified atom stereocenters. The van der Waals surface area contributed by atoms with Gasteiger partial charge in [0.1, 0.15) is 11.6 Å². The lowest BCUT2D eigenvalue weighted by Gasteiger charge is -2.03. The van der Waals surface area contributed by atoms with E-state index in [9.17, 15) is 9.18 Å². The minimum absolute atomic E-state index is 0.239. The van der Waals surface area contributed by atoms with E-state index in [2.05, 4.69) is 0 Å². The molecule has 5 heteroatoms. The third kappa shape index (κ3) is 3.08. The maximum absolute atomic E-state index is 12.5. The van der Waals surface area contributed by atoms with Crippen molar-refractivity contribution in [3.63, 3.8) is 0 Å². The minimum atomic E-state index is -0.690. The van der Waals surface area contributed by atoms with Gasteiger partial charge in [0.25, 0.3) is 5.91 Å². The van der Waals surface area contributed by atoms with Gasteiger partial charge in [-0.2, -0.15) is 0 Å². The zero-order valence-corrected chi connectivity index (χ0v) is 6.66. The van der Waals surface area contributed by atoms with E-state index in [1.807, 2.05) is 0 Å². The molecule has 0 bridgehead atoms. The van der Waals surface area contributed by atoms with Crippen molar-refractivity contribution in [3.8, 4) is 5.75 Å². The number of carbonyl (C=O) groups excluding carboxylic acids is 1. The average molecular weight is 185 g/mol. The van der Waals surface area contributed by atoms with Gasteiger partial charge in [-0.05, 0) is 12.1 Å². The van der Waals surface area contributed by atoms with Crippen LogP contribution in [-0.2, 0) is 4.79 Å². The van der Waals surface area contributed by atoms with Gasteiger partial charge >= 0.3 is 0 Å². The minimum Gasteiger partial charge on any atom is -0.484 e. The lowest BCUT2D eigenvalue weighted by atomic mass is 10.3. The molecular weight excluding hydrogens is 177 g/mol. The highest BCUT2D eigenvalue weighted by atomic mass is 19.1. The number of hydroxylamine groups is 1. The maximum Gasteiger partial charge on any atom is 0.281 e. The summed E-state index contributed by atoms with van der Waals surface area (Å²) in [4.78, 5) is 10.5.